The number of hydrogen-bond donors (Lipinski definition) is 0. The van der Waals surface area contributed by atoms with E-state index in [1.54, 1.807) is 24.7 Å². The molecule has 138 valence electrons. The molecule has 4 heterocycles. The van der Waals surface area contributed by atoms with Gasteiger partial charge in [-0.15, -0.1) is 0 Å². The van der Waals surface area contributed by atoms with Crippen LogP contribution in [0.1, 0.15) is 34.1 Å². The second kappa shape index (κ2) is 7.22. The van der Waals surface area contributed by atoms with E-state index in [9.17, 15) is 4.79 Å². The minimum atomic E-state index is -0.0459. The van der Waals surface area contributed by atoms with Crippen molar-refractivity contribution in [2.75, 3.05) is 13.1 Å². The Morgan fingerprint density at radius 2 is 2.19 bits per heavy atom. The highest BCUT2D eigenvalue weighted by Gasteiger charge is 2.28. The largest absolute Gasteiger partial charge is 0.361 e. The predicted octanol–water partition coefficient (Wildman–Crippen LogP) is 2.24. The molecule has 8 heteroatoms. The number of hydrogen-bond acceptors (Lipinski definition) is 7. The highest BCUT2D eigenvalue weighted by atomic mass is 16.5. The van der Waals surface area contributed by atoms with Crippen LogP contribution in [0.2, 0.25) is 0 Å². The molecule has 1 aliphatic heterocycles. The van der Waals surface area contributed by atoms with Crippen molar-refractivity contribution in [3.05, 3.63) is 53.8 Å². The van der Waals surface area contributed by atoms with E-state index in [-0.39, 0.29) is 5.91 Å². The number of likely N-dealkylation sites (tertiary alicyclic amines) is 1. The highest BCUT2D eigenvalue weighted by Crippen LogP contribution is 2.26. The minimum Gasteiger partial charge on any atom is -0.361 e. The summed E-state index contributed by atoms with van der Waals surface area (Å²) in [7, 11) is 0. The predicted molar refractivity (Wildman–Crippen MR) is 96.7 cm³/mol. The van der Waals surface area contributed by atoms with Crippen LogP contribution in [0.3, 0.4) is 0 Å². The Labute approximate surface area is 156 Å². The molecule has 1 saturated heterocycles. The summed E-state index contributed by atoms with van der Waals surface area (Å²) in [5.41, 5.74) is 3.83. The summed E-state index contributed by atoms with van der Waals surface area (Å²) in [6.07, 6.45) is 8.22. The lowest BCUT2D eigenvalue weighted by Gasteiger charge is -2.15. The molecule has 0 saturated carbocycles. The van der Waals surface area contributed by atoms with Crippen LogP contribution in [-0.4, -0.2) is 49.0 Å². The zero-order valence-electron chi connectivity index (χ0n) is 15.3. The lowest BCUT2D eigenvalue weighted by atomic mass is 10.0. The molecule has 0 spiro atoms. The van der Waals surface area contributed by atoms with Crippen LogP contribution in [0.15, 0.2) is 35.5 Å². The summed E-state index contributed by atoms with van der Waals surface area (Å²) in [5, 5.41) is 3.99. The lowest BCUT2D eigenvalue weighted by Crippen LogP contribution is -2.29. The van der Waals surface area contributed by atoms with Crippen molar-refractivity contribution in [1.82, 2.24) is 30.0 Å². The Morgan fingerprint density at radius 1 is 1.30 bits per heavy atom. The fourth-order valence-corrected chi connectivity index (χ4v) is 3.53. The van der Waals surface area contributed by atoms with E-state index in [4.69, 9.17) is 9.51 Å². The van der Waals surface area contributed by atoms with Crippen molar-refractivity contribution >= 4 is 5.91 Å². The van der Waals surface area contributed by atoms with Gasteiger partial charge in [0, 0.05) is 25.5 Å². The Morgan fingerprint density at radius 3 is 2.93 bits per heavy atom. The minimum absolute atomic E-state index is 0.0459. The first kappa shape index (κ1) is 17.3. The molecule has 0 aliphatic carbocycles. The maximum atomic E-state index is 12.5. The number of aromatic nitrogens is 5. The van der Waals surface area contributed by atoms with E-state index in [2.05, 4.69) is 20.1 Å². The second-order valence-electron chi connectivity index (χ2n) is 6.80. The number of nitrogens with zero attached hydrogens (tertiary/aromatic N) is 6. The second-order valence-corrected chi connectivity index (χ2v) is 6.80. The van der Waals surface area contributed by atoms with Crippen LogP contribution < -0.4 is 0 Å². The lowest BCUT2D eigenvalue weighted by molar-refractivity contribution is 0.0781. The van der Waals surface area contributed by atoms with Gasteiger partial charge in [-0.2, -0.15) is 0 Å². The molecule has 1 fully saturated rings. The van der Waals surface area contributed by atoms with E-state index < -0.39 is 0 Å². The molecule has 1 aliphatic rings. The molecule has 27 heavy (non-hydrogen) atoms. The van der Waals surface area contributed by atoms with Crippen molar-refractivity contribution in [2.45, 2.75) is 26.7 Å². The van der Waals surface area contributed by atoms with Crippen LogP contribution in [-0.2, 0) is 6.42 Å². The molecule has 0 N–H and O–H groups in total. The van der Waals surface area contributed by atoms with E-state index >= 15 is 0 Å². The van der Waals surface area contributed by atoms with E-state index in [1.165, 1.54) is 6.33 Å². The Balaban J connectivity index is 1.45. The maximum absolute atomic E-state index is 12.5. The first-order chi connectivity index (χ1) is 13.1. The van der Waals surface area contributed by atoms with Crippen LogP contribution in [0.5, 0.6) is 0 Å². The van der Waals surface area contributed by atoms with Gasteiger partial charge in [-0.1, -0.05) is 5.16 Å². The average molecular weight is 364 g/mol. The first-order valence-corrected chi connectivity index (χ1v) is 8.91. The van der Waals surface area contributed by atoms with E-state index in [0.29, 0.717) is 18.2 Å². The van der Waals surface area contributed by atoms with Gasteiger partial charge in [-0.3, -0.25) is 9.78 Å². The topological polar surface area (TPSA) is 97.9 Å². The van der Waals surface area contributed by atoms with Crippen LogP contribution in [0.4, 0.5) is 0 Å². The highest BCUT2D eigenvalue weighted by molar-refractivity contribution is 5.92. The standard InChI is InChI=1S/C19H20N6O2/c1-12-18(13(2)27-24-12)17-9-21-8-15(23-17)7-14-4-6-25(10-14)19(26)16-3-5-20-11-22-16/h3,5,8-9,11,14H,4,6-7,10H2,1-2H3/t14-/m0/s1. The molecule has 0 radical (unpaired) electrons. The molecule has 3 aromatic heterocycles. The van der Waals surface area contributed by atoms with Gasteiger partial charge in [0.15, 0.2) is 0 Å². The number of carbonyl (C=O) groups is 1. The molecule has 0 aromatic carbocycles. The van der Waals surface area contributed by atoms with Crippen LogP contribution in [0.25, 0.3) is 11.3 Å². The summed E-state index contributed by atoms with van der Waals surface area (Å²) in [5.74, 6) is 1.04. The quantitative estimate of drug-likeness (QED) is 0.700. The van der Waals surface area contributed by atoms with Gasteiger partial charge in [-0.25, -0.2) is 15.0 Å². The SMILES string of the molecule is Cc1noc(C)c1-c1cncc(C[C@@H]2CCN(C(=O)c3ccncn3)C2)n1. The number of carbonyl (C=O) groups excluding carboxylic acids is 1. The number of aryl methyl sites for hydroxylation is 2. The van der Waals surface area contributed by atoms with Crippen molar-refractivity contribution in [1.29, 1.82) is 0 Å². The van der Waals surface area contributed by atoms with Crippen molar-refractivity contribution in [3.8, 4) is 11.3 Å². The van der Waals surface area contributed by atoms with Gasteiger partial charge >= 0.3 is 0 Å². The smallest absolute Gasteiger partial charge is 0.272 e. The summed E-state index contributed by atoms with van der Waals surface area (Å²) in [6, 6.07) is 1.65. The molecule has 0 unspecified atom stereocenters. The zero-order chi connectivity index (χ0) is 18.8. The van der Waals surface area contributed by atoms with Crippen molar-refractivity contribution < 1.29 is 9.32 Å². The van der Waals surface area contributed by atoms with E-state index in [0.717, 1.165) is 47.8 Å². The monoisotopic (exact) mass is 364 g/mol. The third kappa shape index (κ3) is 3.55. The number of rotatable bonds is 4. The Hall–Kier alpha value is -3.16. The fraction of sp³-hybridized carbons (Fsp3) is 0.368. The molecule has 1 atom stereocenters. The summed E-state index contributed by atoms with van der Waals surface area (Å²) in [4.78, 5) is 31.4. The Kier molecular flexibility index (Phi) is 4.62. The van der Waals surface area contributed by atoms with Gasteiger partial charge in [0.2, 0.25) is 0 Å². The molecule has 8 nitrogen and oxygen atoms in total. The number of amides is 1. The average Bonchev–Trinajstić information content (AvgIpc) is 3.28. The molecule has 3 aromatic rings. The van der Waals surface area contributed by atoms with Crippen LogP contribution >= 0.6 is 0 Å². The van der Waals surface area contributed by atoms with Crippen molar-refractivity contribution in [2.24, 2.45) is 5.92 Å². The molecular formula is C19H20N6O2. The summed E-state index contributed by atoms with van der Waals surface area (Å²) < 4.78 is 5.23. The van der Waals surface area contributed by atoms with Gasteiger partial charge in [0.05, 0.1) is 28.8 Å². The third-order valence-electron chi connectivity index (χ3n) is 4.85. The van der Waals surface area contributed by atoms with Gasteiger partial charge in [0.1, 0.15) is 17.8 Å². The Bertz CT molecular complexity index is 936. The van der Waals surface area contributed by atoms with Gasteiger partial charge in [0.25, 0.3) is 5.91 Å². The van der Waals surface area contributed by atoms with Crippen LogP contribution in [0, 0.1) is 19.8 Å². The molecule has 4 rings (SSSR count). The molecule has 0 bridgehead atoms. The van der Waals surface area contributed by atoms with E-state index in [1.807, 2.05) is 18.7 Å². The zero-order valence-corrected chi connectivity index (χ0v) is 15.3. The first-order valence-electron chi connectivity index (χ1n) is 8.91. The maximum Gasteiger partial charge on any atom is 0.272 e. The van der Waals surface area contributed by atoms with Gasteiger partial charge < -0.3 is 9.42 Å². The summed E-state index contributed by atoms with van der Waals surface area (Å²) >= 11 is 0. The van der Waals surface area contributed by atoms with Gasteiger partial charge in [-0.05, 0) is 38.7 Å². The third-order valence-corrected chi connectivity index (χ3v) is 4.85. The summed E-state index contributed by atoms with van der Waals surface area (Å²) in [6.45, 7) is 5.19. The fourth-order valence-electron chi connectivity index (χ4n) is 3.53. The normalized spacial score (nSPS) is 16.7. The van der Waals surface area contributed by atoms with Crippen molar-refractivity contribution in [3.63, 3.8) is 0 Å². The molecule has 1 amide bonds. The molecular weight excluding hydrogens is 344 g/mol.